The Morgan fingerprint density at radius 2 is 1.00 bits per heavy atom. The van der Waals surface area contributed by atoms with Crippen molar-refractivity contribution in [3.63, 3.8) is 0 Å². The smallest absolute Gasteiger partial charge is 0.756 e. The van der Waals surface area contributed by atoms with E-state index in [9.17, 15) is 14.7 Å². The molecule has 0 heterocycles. The second-order valence-electron chi connectivity index (χ2n) is 13.9. The molecular weight excluding hydrogens is 925 g/mol. The molecule has 1 fully saturated rings. The van der Waals surface area contributed by atoms with E-state index in [0.29, 0.717) is 11.8 Å². The Bertz CT molecular complexity index is 1070. The van der Waals surface area contributed by atoms with Gasteiger partial charge < -0.3 is 93.1 Å². The van der Waals surface area contributed by atoms with Gasteiger partial charge in [-0.25, -0.2) is 9.59 Å². The molecule has 382 valence electrons. The van der Waals surface area contributed by atoms with Gasteiger partial charge in [-0.3, -0.25) is 13.7 Å². The van der Waals surface area contributed by atoms with Gasteiger partial charge in [0.05, 0.1) is 32.5 Å². The van der Waals surface area contributed by atoms with Crippen LogP contribution >= 0.6 is 7.82 Å². The quantitative estimate of drug-likeness (QED) is 0.0188. The van der Waals surface area contributed by atoms with E-state index < -0.39 is 80.0 Å². The van der Waals surface area contributed by atoms with Gasteiger partial charge in [0.15, 0.2) is 12.2 Å². The van der Waals surface area contributed by atoms with Gasteiger partial charge in [0.2, 0.25) is 0 Å². The second-order valence-corrected chi connectivity index (χ2v) is 15.8. The summed E-state index contributed by atoms with van der Waals surface area (Å²) >= 11 is 0. The normalized spacial score (nSPS) is 17.4. The molecule has 24 nitrogen and oxygen atoms in total. The summed E-state index contributed by atoms with van der Waals surface area (Å²) in [5, 5.41) is 116. The number of hydrogen-bond acceptors (Lipinski definition) is 18. The Kier molecular flexibility index (Phi) is 73.9. The summed E-state index contributed by atoms with van der Waals surface area (Å²) in [6, 6.07) is 0. The number of hydrogen-bond donors (Lipinski definition) is 18. The van der Waals surface area contributed by atoms with Crippen LogP contribution < -0.4 is 64.0 Å². The van der Waals surface area contributed by atoms with Gasteiger partial charge in [0.1, 0.15) is 24.4 Å². The molecule has 0 radical (unpaired) electrons. The molecule has 18 N–H and O–H groups in total. The van der Waals surface area contributed by atoms with Crippen LogP contribution in [0.1, 0.15) is 118 Å². The molecule has 64 heavy (non-hydrogen) atoms. The maximum absolute atomic E-state index is 9.77. The van der Waals surface area contributed by atoms with Crippen molar-refractivity contribution < 1.29 is 177 Å². The van der Waals surface area contributed by atoms with E-state index >= 15 is 0 Å². The van der Waals surface area contributed by atoms with Crippen molar-refractivity contribution in [1.82, 2.24) is 0 Å². The minimum atomic E-state index is -4.89. The number of unbranched alkanes of at least 4 members (excludes halogenated alkanes) is 9. The fourth-order valence-corrected chi connectivity index (χ4v) is 4.44. The van der Waals surface area contributed by atoms with Gasteiger partial charge in [-0.1, -0.05) is 91.9 Å². The van der Waals surface area contributed by atoms with E-state index in [-0.39, 0.29) is 85.0 Å². The van der Waals surface area contributed by atoms with Crippen LogP contribution in [0.3, 0.4) is 0 Å². The molecule has 0 aromatic heterocycles. The van der Waals surface area contributed by atoms with E-state index in [1.54, 1.807) is 6.92 Å². The third kappa shape index (κ3) is 79.5. The van der Waals surface area contributed by atoms with Crippen LogP contribution in [0.15, 0.2) is 0 Å². The number of aliphatic carboxylic acids is 2. The molecule has 0 bridgehead atoms. The number of carboxylic acid groups (broad SMARTS) is 2. The van der Waals surface area contributed by atoms with Crippen LogP contribution in [0, 0.1) is 24.7 Å². The average Bonchev–Trinajstić information content (AvgIpc) is 3.16. The number of aliphatic hydroxyl groups excluding tert-OH is 12. The van der Waals surface area contributed by atoms with Crippen LogP contribution in [0.25, 0.3) is 0 Å². The number of rotatable bonds is 19. The van der Waals surface area contributed by atoms with Crippen LogP contribution in [-0.2, 0) is 24.6 Å². The predicted molar refractivity (Wildman–Crippen MR) is 223 cm³/mol. The first-order chi connectivity index (χ1) is 28.3. The van der Waals surface area contributed by atoms with E-state index in [0.717, 1.165) is 18.8 Å². The van der Waals surface area contributed by atoms with Crippen molar-refractivity contribution in [3.8, 4) is 0 Å². The van der Waals surface area contributed by atoms with E-state index in [1.165, 1.54) is 70.6 Å². The average molecular weight is 1010 g/mol. The second kappa shape index (κ2) is 56.0. The summed E-state index contributed by atoms with van der Waals surface area (Å²) in [7, 11) is -9.56. The third-order valence-corrected chi connectivity index (χ3v) is 7.73. The molecule has 1 aliphatic rings. The molecule has 0 aliphatic heterocycles. The third-order valence-electron chi connectivity index (χ3n) is 7.73. The molecule has 7 unspecified atom stereocenters. The van der Waals surface area contributed by atoms with Gasteiger partial charge in [-0.2, -0.15) is 14.8 Å². The number of aliphatic hydroxyl groups is 12. The summed E-state index contributed by atoms with van der Waals surface area (Å²) in [5.74, 6) is -1.59. The predicted octanol–water partition coefficient (Wildman–Crippen LogP) is -7.76. The zero-order valence-corrected chi connectivity index (χ0v) is 44.3. The topological polar surface area (TPSA) is 473 Å². The summed E-state index contributed by atoms with van der Waals surface area (Å²) in [4.78, 5) is 42.5. The summed E-state index contributed by atoms with van der Waals surface area (Å²) < 4.78 is 40.4. The first kappa shape index (κ1) is 84.4. The zero-order chi connectivity index (χ0) is 50.7. The van der Waals surface area contributed by atoms with Crippen LogP contribution in [-0.4, -0.2) is 187 Å². The molecule has 1 aliphatic carbocycles. The minimum Gasteiger partial charge on any atom is -0.756 e. The van der Waals surface area contributed by atoms with E-state index in [1.807, 2.05) is 0 Å². The molecule has 0 spiro atoms. The van der Waals surface area contributed by atoms with Gasteiger partial charge in [0, 0.05) is 6.61 Å². The number of carboxylic acids is 2. The maximum Gasteiger partial charge on any atom is 1.00 e. The van der Waals surface area contributed by atoms with Gasteiger partial charge in [0.25, 0.3) is 7.82 Å². The monoisotopic (exact) mass is 1010 g/mol. The zero-order valence-electron chi connectivity index (χ0n) is 38.6. The SMILES string of the molecule is CC1CCC(C(C)C)C(O)C1.CCO.O=C(O)C(O)C(O)C(=O)O.O=P([O-])(O)O.O=S(=O)(O)O.OCC(O)C(O)C(O)CO.OCC(O)CO.[CH2-]CCCCCCCCCCC.[Na+].[Na+]. The Morgan fingerprint density at radius 1 is 0.703 bits per heavy atom. The van der Waals surface area contributed by atoms with Crippen LogP contribution in [0.4, 0.5) is 0 Å². The number of phosphoric acid groups is 1. The van der Waals surface area contributed by atoms with Crippen molar-refractivity contribution in [2.45, 2.75) is 161 Å². The molecule has 1 rings (SSSR count). The molecule has 28 heteroatoms. The molecule has 1 saturated carbocycles. The fourth-order valence-electron chi connectivity index (χ4n) is 4.44. The van der Waals surface area contributed by atoms with Crippen molar-refractivity contribution in [2.24, 2.45) is 17.8 Å². The summed E-state index contributed by atoms with van der Waals surface area (Å²) in [6.07, 6.45) is 7.62. The fraction of sp³-hybridized carbons (Fsp3) is 0.917. The summed E-state index contributed by atoms with van der Waals surface area (Å²) in [5.41, 5.74) is 0. The molecule has 0 saturated heterocycles. The Hall–Kier alpha value is 0.440. The van der Waals surface area contributed by atoms with Crippen LogP contribution in [0.2, 0.25) is 0 Å². The van der Waals surface area contributed by atoms with Crippen molar-refractivity contribution in [3.05, 3.63) is 6.92 Å². The van der Waals surface area contributed by atoms with E-state index in [4.69, 9.17) is 103 Å². The molecular formula is C36H81Na2O24PS. The van der Waals surface area contributed by atoms with Crippen molar-refractivity contribution >= 4 is 30.2 Å². The maximum atomic E-state index is 9.77. The number of carbonyl (C=O) groups is 2. The van der Waals surface area contributed by atoms with Crippen molar-refractivity contribution in [2.75, 3.05) is 33.0 Å². The molecule has 0 aromatic rings. The first-order valence-corrected chi connectivity index (χ1v) is 22.8. The van der Waals surface area contributed by atoms with E-state index in [2.05, 4.69) is 34.6 Å². The van der Waals surface area contributed by atoms with Gasteiger partial charge >= 0.3 is 81.5 Å². The first-order valence-electron chi connectivity index (χ1n) is 19.9. The Balaban J connectivity index is -0.0000000791. The Labute approximate surface area is 422 Å². The standard InChI is InChI=1S/C12H25.C10H20O.C5H12O5.C4H6O6.C3H8O3.C2H6O.2Na.H3O4P.H2O4S/c1-3-5-7-9-11-12-10-8-6-4-2;1-7(2)9-5-4-8(3)6-10(9)11;6-1-3(8)5(10)4(9)2-7;5-1(3(7)8)2(6)4(9)10;4-1-3(6)2-5;1-2-3;;;2*1-5(2,3)4/h1,3-12H2,2H3;7-11H,4-6H2,1-3H3;3-10H,1-2H2;1-2,5-6H,(H,7,8)(H,9,10);3-6H,1-2H2;3H,2H2,1H3;;;(H3,1,2,3,4);(H2,1,2,3,4)/q-1;;;;;;2*+1;;/p-1. The molecule has 0 amide bonds. The summed E-state index contributed by atoms with van der Waals surface area (Å²) in [6.45, 7) is 12.7. The van der Waals surface area contributed by atoms with Crippen LogP contribution in [0.5, 0.6) is 0 Å². The van der Waals surface area contributed by atoms with Gasteiger partial charge in [-0.15, -0.1) is 0 Å². The van der Waals surface area contributed by atoms with Crippen molar-refractivity contribution in [1.29, 1.82) is 0 Å². The largest absolute Gasteiger partial charge is 1.00 e. The van der Waals surface area contributed by atoms with Gasteiger partial charge in [-0.05, 0) is 37.5 Å². The Morgan fingerprint density at radius 3 is 1.20 bits per heavy atom. The minimum absolute atomic E-state index is 0. The molecule has 0 aromatic carbocycles. The molecule has 7 atom stereocenters.